The molecule has 0 heterocycles. The van der Waals surface area contributed by atoms with E-state index in [0.717, 1.165) is 6.29 Å². The molecule has 0 aromatic rings. The molecular weight excluding hydrogens is 404 g/mol. The fourth-order valence-electron chi connectivity index (χ4n) is 2.67. The van der Waals surface area contributed by atoms with E-state index in [1.807, 2.05) is 0 Å². The van der Waals surface area contributed by atoms with Gasteiger partial charge in [-0.15, -0.1) is 0 Å². The summed E-state index contributed by atoms with van der Waals surface area (Å²) in [5.41, 5.74) is 0. The maximum atomic E-state index is 11.6. The first kappa shape index (κ1) is 28.9. The molecule has 3 atom stereocenters. The van der Waals surface area contributed by atoms with Gasteiger partial charge in [0.2, 0.25) is 0 Å². The van der Waals surface area contributed by atoms with Crippen molar-refractivity contribution in [1.29, 1.82) is 0 Å². The van der Waals surface area contributed by atoms with Gasteiger partial charge in [0.05, 0.1) is 24.9 Å². The standard InChI is InChI=1S/C22H42O7Si/c1-9-27-21(24)12-10-11-19(28-17-25-5)16-20(15-18(26-6)13-14-23)29-30(7,8)22(2,3)4/h10,12,14,18-20H,9,11,13,15-17H2,1-8H3/b12-10+/t18-,19+,20-/m1/s1. The molecule has 0 amide bonds. The van der Waals surface area contributed by atoms with Crippen LogP contribution in [0.15, 0.2) is 12.2 Å². The zero-order valence-corrected chi connectivity index (χ0v) is 21.1. The van der Waals surface area contributed by atoms with Gasteiger partial charge in [-0.2, -0.15) is 0 Å². The first-order valence-electron chi connectivity index (χ1n) is 10.6. The molecule has 8 heteroatoms. The highest BCUT2D eigenvalue weighted by Gasteiger charge is 2.40. The molecule has 0 rings (SSSR count). The predicted octanol–water partition coefficient (Wildman–Crippen LogP) is 4.26. The Bertz CT molecular complexity index is 514. The van der Waals surface area contributed by atoms with E-state index in [9.17, 15) is 9.59 Å². The molecule has 30 heavy (non-hydrogen) atoms. The Morgan fingerprint density at radius 1 is 1.03 bits per heavy atom. The van der Waals surface area contributed by atoms with Gasteiger partial charge in [0, 0.05) is 26.7 Å². The van der Waals surface area contributed by atoms with Crippen molar-refractivity contribution in [3.8, 4) is 0 Å². The maximum absolute atomic E-state index is 11.6. The Morgan fingerprint density at radius 2 is 1.67 bits per heavy atom. The van der Waals surface area contributed by atoms with Crippen LogP contribution in [0.5, 0.6) is 0 Å². The molecule has 0 unspecified atom stereocenters. The van der Waals surface area contributed by atoms with E-state index in [4.69, 9.17) is 23.4 Å². The Hall–Kier alpha value is -1.06. The number of hydrogen-bond donors (Lipinski definition) is 0. The highest BCUT2D eigenvalue weighted by molar-refractivity contribution is 6.74. The summed E-state index contributed by atoms with van der Waals surface area (Å²) in [7, 11) is 1.13. The number of methoxy groups -OCH3 is 2. The van der Waals surface area contributed by atoms with Crippen LogP contribution in [0.4, 0.5) is 0 Å². The second kappa shape index (κ2) is 14.9. The number of hydrogen-bond acceptors (Lipinski definition) is 7. The summed E-state index contributed by atoms with van der Waals surface area (Å²) in [4.78, 5) is 22.6. The van der Waals surface area contributed by atoms with Crippen LogP contribution < -0.4 is 0 Å². The molecule has 7 nitrogen and oxygen atoms in total. The van der Waals surface area contributed by atoms with Crippen molar-refractivity contribution in [3.63, 3.8) is 0 Å². The third-order valence-corrected chi connectivity index (χ3v) is 9.91. The molecule has 0 radical (unpaired) electrons. The minimum absolute atomic E-state index is 0.0468. The van der Waals surface area contributed by atoms with Crippen molar-refractivity contribution in [2.45, 2.75) is 89.8 Å². The van der Waals surface area contributed by atoms with E-state index >= 15 is 0 Å². The molecule has 0 fully saturated rings. The van der Waals surface area contributed by atoms with Gasteiger partial charge in [0.25, 0.3) is 0 Å². The second-order valence-corrected chi connectivity index (χ2v) is 13.6. The maximum Gasteiger partial charge on any atom is 0.330 e. The summed E-state index contributed by atoms with van der Waals surface area (Å²) in [5, 5.41) is 0.0468. The van der Waals surface area contributed by atoms with Crippen LogP contribution in [0.2, 0.25) is 18.1 Å². The Kier molecular flexibility index (Phi) is 14.3. The molecule has 0 aliphatic rings. The lowest BCUT2D eigenvalue weighted by Crippen LogP contribution is -2.45. The number of rotatable bonds is 16. The molecule has 0 aromatic heterocycles. The molecule has 0 spiro atoms. The lowest BCUT2D eigenvalue weighted by atomic mass is 10.0. The summed E-state index contributed by atoms with van der Waals surface area (Å²) in [5.74, 6) is -0.373. The van der Waals surface area contributed by atoms with Crippen LogP contribution in [0.25, 0.3) is 0 Å². The Balaban J connectivity index is 5.40. The number of ether oxygens (including phenoxy) is 4. The fourth-order valence-corrected chi connectivity index (χ4v) is 4.05. The average Bonchev–Trinajstić information content (AvgIpc) is 2.64. The summed E-state index contributed by atoms with van der Waals surface area (Å²) in [6.45, 7) is 13.2. The van der Waals surface area contributed by atoms with Crippen LogP contribution in [-0.4, -0.2) is 66.5 Å². The van der Waals surface area contributed by atoms with Crippen molar-refractivity contribution >= 4 is 20.6 Å². The molecule has 0 aliphatic carbocycles. The summed E-state index contributed by atoms with van der Waals surface area (Å²) >= 11 is 0. The average molecular weight is 447 g/mol. The lowest BCUT2D eigenvalue weighted by molar-refractivity contribution is -0.137. The fraction of sp³-hybridized carbons (Fsp3) is 0.818. The minimum atomic E-state index is -2.05. The molecule has 176 valence electrons. The Morgan fingerprint density at radius 3 is 2.17 bits per heavy atom. The van der Waals surface area contributed by atoms with Crippen LogP contribution >= 0.6 is 0 Å². The zero-order valence-electron chi connectivity index (χ0n) is 20.1. The molecule has 0 saturated carbocycles. The van der Waals surface area contributed by atoms with Gasteiger partial charge in [0.1, 0.15) is 13.1 Å². The molecular formula is C22H42O7Si. The van der Waals surface area contributed by atoms with Crippen molar-refractivity contribution in [1.82, 2.24) is 0 Å². The SMILES string of the molecule is CCOC(=O)/C=C/C[C@@H](C[C@@H](C[C@@H](CC=O)OC)O[Si](C)(C)C(C)(C)C)OCOC. The topological polar surface area (TPSA) is 80.3 Å². The first-order chi connectivity index (χ1) is 14.0. The smallest absolute Gasteiger partial charge is 0.330 e. The van der Waals surface area contributed by atoms with Gasteiger partial charge in [0.15, 0.2) is 8.32 Å². The van der Waals surface area contributed by atoms with Gasteiger partial charge < -0.3 is 28.2 Å². The van der Waals surface area contributed by atoms with E-state index < -0.39 is 8.32 Å². The number of esters is 1. The van der Waals surface area contributed by atoms with Gasteiger partial charge in [-0.05, 0) is 44.3 Å². The van der Waals surface area contributed by atoms with Gasteiger partial charge in [-0.1, -0.05) is 26.8 Å². The van der Waals surface area contributed by atoms with Crippen LogP contribution in [0.1, 0.15) is 53.4 Å². The second-order valence-electron chi connectivity index (χ2n) is 8.82. The third kappa shape index (κ3) is 12.0. The summed E-state index contributed by atoms with van der Waals surface area (Å²) < 4.78 is 28.0. The van der Waals surface area contributed by atoms with Gasteiger partial charge in [-0.25, -0.2) is 4.79 Å². The van der Waals surface area contributed by atoms with Crippen LogP contribution in [0.3, 0.4) is 0 Å². The van der Waals surface area contributed by atoms with Crippen molar-refractivity contribution in [2.24, 2.45) is 0 Å². The third-order valence-electron chi connectivity index (χ3n) is 5.37. The molecule has 0 N–H and O–H groups in total. The summed E-state index contributed by atoms with van der Waals surface area (Å²) in [6, 6.07) is 0. The van der Waals surface area contributed by atoms with E-state index in [1.54, 1.807) is 27.2 Å². The van der Waals surface area contributed by atoms with Gasteiger partial charge in [-0.3, -0.25) is 0 Å². The normalized spacial score (nSPS) is 15.7. The molecule has 0 bridgehead atoms. The highest BCUT2D eigenvalue weighted by atomic mass is 28.4. The highest BCUT2D eigenvalue weighted by Crippen LogP contribution is 2.38. The predicted molar refractivity (Wildman–Crippen MR) is 120 cm³/mol. The largest absolute Gasteiger partial charge is 0.463 e. The minimum Gasteiger partial charge on any atom is -0.463 e. The van der Waals surface area contributed by atoms with E-state index in [0.29, 0.717) is 32.3 Å². The molecule has 0 aliphatic heterocycles. The van der Waals surface area contributed by atoms with Crippen molar-refractivity contribution in [2.75, 3.05) is 27.6 Å². The molecule has 0 aromatic carbocycles. The Labute approximate surface area is 183 Å². The monoisotopic (exact) mass is 446 g/mol. The van der Waals surface area contributed by atoms with Crippen molar-refractivity contribution in [3.05, 3.63) is 12.2 Å². The quantitative estimate of drug-likeness (QED) is 0.115. The lowest BCUT2D eigenvalue weighted by Gasteiger charge is -2.40. The number of carbonyl (C=O) groups excluding carboxylic acids is 2. The van der Waals surface area contributed by atoms with E-state index in [-0.39, 0.29) is 36.1 Å². The van der Waals surface area contributed by atoms with E-state index in [2.05, 4.69) is 33.9 Å². The zero-order chi connectivity index (χ0) is 23.2. The van der Waals surface area contributed by atoms with Crippen molar-refractivity contribution < 1.29 is 33.0 Å². The first-order valence-corrected chi connectivity index (χ1v) is 13.5. The van der Waals surface area contributed by atoms with E-state index in [1.165, 1.54) is 6.08 Å². The molecule has 0 saturated heterocycles. The number of aldehydes is 1. The number of carbonyl (C=O) groups is 2. The van der Waals surface area contributed by atoms with Crippen LogP contribution in [0, 0.1) is 0 Å². The summed E-state index contributed by atoms with van der Waals surface area (Å²) in [6.07, 6.45) is 5.51. The van der Waals surface area contributed by atoms with Gasteiger partial charge >= 0.3 is 5.97 Å². The van der Waals surface area contributed by atoms with Crippen LogP contribution in [-0.2, 0) is 33.0 Å².